The van der Waals surface area contributed by atoms with E-state index in [1.807, 2.05) is 6.92 Å². The maximum absolute atomic E-state index is 14.9. The lowest BCUT2D eigenvalue weighted by Gasteiger charge is -2.61. The van der Waals surface area contributed by atoms with Gasteiger partial charge in [0, 0.05) is 18.3 Å². The van der Waals surface area contributed by atoms with Gasteiger partial charge in [-0.3, -0.25) is 14.4 Å². The van der Waals surface area contributed by atoms with Gasteiger partial charge in [-0.25, -0.2) is 14.4 Å². The van der Waals surface area contributed by atoms with Gasteiger partial charge in [0.15, 0.2) is 5.78 Å². The summed E-state index contributed by atoms with van der Waals surface area (Å²) in [6.45, 7) is 12.2. The molecule has 1 heterocycles. The number of esters is 3. The van der Waals surface area contributed by atoms with Crippen LogP contribution < -0.4 is 10.6 Å². The van der Waals surface area contributed by atoms with E-state index in [0.29, 0.717) is 31.4 Å². The third-order valence-electron chi connectivity index (χ3n) is 14.4. The van der Waals surface area contributed by atoms with Crippen molar-refractivity contribution >= 4 is 47.5 Å². The molecule has 4 unspecified atom stereocenters. The highest BCUT2D eigenvalue weighted by Crippen LogP contribution is 2.57. The molecule has 2 amide bonds. The second-order valence-corrected chi connectivity index (χ2v) is 21.1. The second-order valence-electron chi connectivity index (χ2n) is 20.1. The average molecular weight is 967 g/mol. The molecule has 0 spiro atoms. The van der Waals surface area contributed by atoms with Crippen LogP contribution in [0, 0.1) is 35.5 Å². The smallest absolute Gasteiger partial charge is 0.408 e. The Labute approximate surface area is 403 Å². The first-order valence-electron chi connectivity index (χ1n) is 24.0. The van der Waals surface area contributed by atoms with Crippen LogP contribution in [0.5, 0.6) is 0 Å². The zero-order valence-corrected chi connectivity index (χ0v) is 41.0. The lowest BCUT2D eigenvalue weighted by molar-refractivity contribution is -0.283. The number of nitrogens with one attached hydrogen (secondary N) is 2. The normalized spacial score (nSPS) is 31.0. The molecule has 3 aliphatic carbocycles. The van der Waals surface area contributed by atoms with Crippen LogP contribution in [0.2, 0.25) is 0 Å². The summed E-state index contributed by atoms with van der Waals surface area (Å²) in [6.07, 6.45) is -4.22. The van der Waals surface area contributed by atoms with Crippen LogP contribution in [0.4, 0.5) is 4.79 Å². The standard InChI is InChI=1S/C51H70N2O14S/c1-8-9-12-21-35(30(4)54)52-38(55)26-68-27-39(56)65-45(42(31-17-13-10-14-18-31)53-49(61)67-50(5,6)7)48(60)64-37-24-51(62)29(3)40(28(37)2)44(58)43(57)33-22-23-36-34(25-63-36)41(33)46(51)66-47(59)32-19-15-11-16-20-32/h10-11,13-20,28-29,33-37,40-46,57-58,62H,8-9,12,21-27H2,1-7H3,(H,52,55)(H,53,61)/t28?,29-,33?,34+,35?,36?,37-,40+,41-,42-,43-,44+,45+,46-,51-/m0/s1. The number of amides is 2. The fraction of sp³-hybridized carbons (Fsp3) is 0.647. The quantitative estimate of drug-likeness (QED) is 0.0707. The fourth-order valence-electron chi connectivity index (χ4n) is 10.8. The van der Waals surface area contributed by atoms with E-state index in [-0.39, 0.29) is 35.5 Å². The second kappa shape index (κ2) is 22.9. The van der Waals surface area contributed by atoms with E-state index >= 15 is 0 Å². The molecule has 4 aliphatic rings. The minimum atomic E-state index is -1.93. The number of hydrogen-bond donors (Lipinski definition) is 5. The van der Waals surface area contributed by atoms with Crippen molar-refractivity contribution in [3.63, 3.8) is 0 Å². The molecule has 374 valence electrons. The number of Topliss-reactive ketones (excluding diaryl/α,β-unsaturated/α-hetero) is 1. The van der Waals surface area contributed by atoms with Crippen molar-refractivity contribution in [2.75, 3.05) is 18.1 Å². The van der Waals surface area contributed by atoms with E-state index in [1.165, 1.54) is 6.92 Å². The maximum atomic E-state index is 14.9. The van der Waals surface area contributed by atoms with Gasteiger partial charge in [0.05, 0.1) is 48.0 Å². The number of aliphatic hydroxyl groups excluding tert-OH is 2. The molecule has 16 nitrogen and oxygen atoms in total. The molecular formula is C51H70N2O14S. The molecule has 0 aromatic heterocycles. The van der Waals surface area contributed by atoms with Gasteiger partial charge in [0.2, 0.25) is 12.0 Å². The molecule has 2 bridgehead atoms. The highest BCUT2D eigenvalue weighted by atomic mass is 32.2. The molecule has 5 N–H and O–H groups in total. The minimum absolute atomic E-state index is 0.178. The largest absolute Gasteiger partial charge is 0.459 e. The zero-order valence-electron chi connectivity index (χ0n) is 40.2. The fourth-order valence-corrected chi connectivity index (χ4v) is 11.4. The van der Waals surface area contributed by atoms with Crippen molar-refractivity contribution < 1.29 is 67.8 Å². The Hall–Kier alpha value is -4.55. The monoisotopic (exact) mass is 966 g/mol. The van der Waals surface area contributed by atoms with Crippen LogP contribution in [-0.4, -0.2) is 123 Å². The summed E-state index contributed by atoms with van der Waals surface area (Å²) in [7, 11) is 0. The number of alkyl carbamates (subject to hydrolysis) is 1. The number of thioether (sulfide) groups is 1. The first-order valence-corrected chi connectivity index (χ1v) is 25.2. The molecule has 1 saturated heterocycles. The summed E-state index contributed by atoms with van der Waals surface area (Å²) < 4.78 is 30.1. The Bertz CT molecular complexity index is 2070. The molecule has 68 heavy (non-hydrogen) atoms. The van der Waals surface area contributed by atoms with E-state index in [9.17, 15) is 44.1 Å². The molecule has 17 heteroatoms. The molecule has 1 aliphatic heterocycles. The SMILES string of the molecule is CCCCCC(NC(=O)CSCC(=O)O[C@@H](C(=O)O[C@H]1C[C@]2(O)[C@@H](C)[C@@H](C1C)[C@@H](O)[C@@H](O)C1CCC3OC[C@H]3[C@H]1[C@@H]2OC(=O)c1ccccc1)[C@@H](NC(=O)OC(C)(C)C)c1ccccc1)C(C)=O. The summed E-state index contributed by atoms with van der Waals surface area (Å²) >= 11 is 0.907. The molecule has 4 fully saturated rings. The Morgan fingerprint density at radius 2 is 1.54 bits per heavy atom. The zero-order chi connectivity index (χ0) is 49.5. The van der Waals surface area contributed by atoms with Crippen molar-refractivity contribution in [3.05, 3.63) is 71.8 Å². The minimum Gasteiger partial charge on any atom is -0.459 e. The number of fused-ring (bicyclic) bond motifs is 5. The third-order valence-corrected chi connectivity index (χ3v) is 15.3. The Morgan fingerprint density at radius 3 is 2.16 bits per heavy atom. The van der Waals surface area contributed by atoms with Crippen molar-refractivity contribution in [2.45, 2.75) is 153 Å². The molecule has 2 aromatic carbocycles. The number of benzene rings is 2. The number of aliphatic hydroxyl groups is 3. The summed E-state index contributed by atoms with van der Waals surface area (Å²) in [5.74, 6) is -7.78. The molecule has 15 atom stereocenters. The van der Waals surface area contributed by atoms with E-state index in [4.69, 9.17) is 23.7 Å². The Balaban J connectivity index is 1.31. The van der Waals surface area contributed by atoms with Gasteiger partial charge in [-0.15, -0.1) is 11.8 Å². The van der Waals surface area contributed by atoms with Crippen LogP contribution in [0.25, 0.3) is 0 Å². The molecule has 0 radical (unpaired) electrons. The van der Waals surface area contributed by atoms with Gasteiger partial charge in [-0.1, -0.05) is 88.6 Å². The van der Waals surface area contributed by atoms with Crippen LogP contribution in [0.1, 0.15) is 115 Å². The Kier molecular flexibility index (Phi) is 17.8. The highest BCUT2D eigenvalue weighted by Gasteiger charge is 2.66. The summed E-state index contributed by atoms with van der Waals surface area (Å²) in [4.78, 5) is 81.4. The van der Waals surface area contributed by atoms with Gasteiger partial charge in [0.1, 0.15) is 29.5 Å². The maximum Gasteiger partial charge on any atom is 0.408 e. The average Bonchev–Trinajstić information content (AvgIpc) is 3.27. The number of ketones is 1. The van der Waals surface area contributed by atoms with E-state index in [2.05, 4.69) is 10.6 Å². The highest BCUT2D eigenvalue weighted by molar-refractivity contribution is 8.00. The number of ether oxygens (including phenoxy) is 5. The number of carbonyl (C=O) groups excluding carboxylic acids is 6. The number of hydrogen-bond acceptors (Lipinski definition) is 15. The van der Waals surface area contributed by atoms with Crippen molar-refractivity contribution in [2.24, 2.45) is 35.5 Å². The van der Waals surface area contributed by atoms with Gasteiger partial charge >= 0.3 is 24.0 Å². The Morgan fingerprint density at radius 1 is 0.868 bits per heavy atom. The van der Waals surface area contributed by atoms with E-state index < -0.39 is 119 Å². The van der Waals surface area contributed by atoms with E-state index in [0.717, 1.165) is 31.0 Å². The molecule has 2 aromatic rings. The summed E-state index contributed by atoms with van der Waals surface area (Å²) in [6, 6.07) is 14.6. The number of carbonyl (C=O) groups is 6. The van der Waals surface area contributed by atoms with Gasteiger partial charge in [-0.05, 0) is 88.3 Å². The molecular weight excluding hydrogens is 897 g/mol. The van der Waals surface area contributed by atoms with Gasteiger partial charge < -0.3 is 49.6 Å². The molecule has 6 rings (SSSR count). The first-order chi connectivity index (χ1) is 32.2. The van der Waals surface area contributed by atoms with Crippen molar-refractivity contribution in [3.8, 4) is 0 Å². The van der Waals surface area contributed by atoms with Crippen LogP contribution in [0.3, 0.4) is 0 Å². The summed E-state index contributed by atoms with van der Waals surface area (Å²) in [5, 5.41) is 42.9. The van der Waals surface area contributed by atoms with Gasteiger partial charge in [-0.2, -0.15) is 0 Å². The predicted molar refractivity (Wildman–Crippen MR) is 251 cm³/mol. The van der Waals surface area contributed by atoms with Crippen molar-refractivity contribution in [1.29, 1.82) is 0 Å². The predicted octanol–water partition coefficient (Wildman–Crippen LogP) is 5.49. The summed E-state index contributed by atoms with van der Waals surface area (Å²) in [5.41, 5.74) is -2.29. The number of unbranched alkanes of at least 4 members (excludes halogenated alkanes) is 2. The lowest BCUT2D eigenvalue weighted by Crippen LogP contribution is -2.71. The van der Waals surface area contributed by atoms with E-state index in [1.54, 1.807) is 95.3 Å². The topological polar surface area (TPSA) is 233 Å². The number of rotatable bonds is 18. The molecule has 3 saturated carbocycles. The van der Waals surface area contributed by atoms with Crippen LogP contribution in [-0.2, 0) is 42.9 Å². The van der Waals surface area contributed by atoms with Crippen molar-refractivity contribution in [1.82, 2.24) is 10.6 Å². The van der Waals surface area contributed by atoms with Gasteiger partial charge in [0.25, 0.3) is 0 Å². The third kappa shape index (κ3) is 12.4. The first kappa shape index (κ1) is 52.8. The van der Waals surface area contributed by atoms with Crippen LogP contribution >= 0.6 is 11.8 Å². The lowest BCUT2D eigenvalue weighted by atomic mass is 9.51. The van der Waals surface area contributed by atoms with Crippen LogP contribution in [0.15, 0.2) is 60.7 Å².